The van der Waals surface area contributed by atoms with Crippen molar-refractivity contribution in [1.82, 2.24) is 9.21 Å². The fourth-order valence-electron chi connectivity index (χ4n) is 3.50. The van der Waals surface area contributed by atoms with Crippen molar-refractivity contribution >= 4 is 33.4 Å². The minimum absolute atomic E-state index is 0.123. The monoisotopic (exact) mass is 488 g/mol. The van der Waals surface area contributed by atoms with Gasteiger partial charge in [-0.2, -0.15) is 0 Å². The number of benzene rings is 2. The standard InChI is InChI=1S/C24H32N4O5S/c1-24(2,3)33-23(30)28-16-14-27(15-17-28)21-9-7-6-8-20(21)25-22(29)18-10-12-19(13-11-18)34(31,32)26(4)5/h6-13H,14-17H2,1-5H3,(H,25,29). The first-order chi connectivity index (χ1) is 15.9. The van der Waals surface area contributed by atoms with Gasteiger partial charge >= 0.3 is 6.09 Å². The number of hydrogen-bond acceptors (Lipinski definition) is 6. The molecule has 0 radical (unpaired) electrons. The molecule has 2 aromatic carbocycles. The Labute approximate surface area is 201 Å². The number of nitrogens with zero attached hydrogens (tertiary/aromatic N) is 3. The average Bonchev–Trinajstić information content (AvgIpc) is 2.78. The van der Waals surface area contributed by atoms with Crippen LogP contribution >= 0.6 is 0 Å². The van der Waals surface area contributed by atoms with E-state index in [2.05, 4.69) is 10.2 Å². The molecule has 1 fully saturated rings. The predicted molar refractivity (Wildman–Crippen MR) is 132 cm³/mol. The van der Waals surface area contributed by atoms with E-state index in [9.17, 15) is 18.0 Å². The molecule has 0 spiro atoms. The number of ether oxygens (including phenoxy) is 1. The summed E-state index contributed by atoms with van der Waals surface area (Å²) in [6.45, 7) is 7.75. The highest BCUT2D eigenvalue weighted by atomic mass is 32.2. The Morgan fingerprint density at radius 1 is 0.941 bits per heavy atom. The van der Waals surface area contributed by atoms with E-state index in [1.54, 1.807) is 4.90 Å². The summed E-state index contributed by atoms with van der Waals surface area (Å²) in [7, 11) is -0.645. The summed E-state index contributed by atoms with van der Waals surface area (Å²) in [6.07, 6.45) is -0.325. The van der Waals surface area contributed by atoms with Gasteiger partial charge in [0.15, 0.2) is 0 Å². The lowest BCUT2D eigenvalue weighted by Gasteiger charge is -2.37. The lowest BCUT2D eigenvalue weighted by molar-refractivity contribution is 0.0240. The van der Waals surface area contributed by atoms with Gasteiger partial charge in [0.1, 0.15) is 5.60 Å². The number of anilines is 2. The van der Waals surface area contributed by atoms with Crippen LogP contribution in [-0.2, 0) is 14.8 Å². The van der Waals surface area contributed by atoms with Crippen LogP contribution in [0.4, 0.5) is 16.2 Å². The molecule has 184 valence electrons. The van der Waals surface area contributed by atoms with Gasteiger partial charge in [-0.25, -0.2) is 17.5 Å². The third kappa shape index (κ3) is 6.06. The molecule has 9 nitrogen and oxygen atoms in total. The lowest BCUT2D eigenvalue weighted by atomic mass is 10.1. The summed E-state index contributed by atoms with van der Waals surface area (Å²) >= 11 is 0. The number of hydrogen-bond donors (Lipinski definition) is 1. The number of para-hydroxylation sites is 2. The molecule has 0 bridgehead atoms. The first-order valence-corrected chi connectivity index (χ1v) is 12.5. The number of rotatable bonds is 5. The number of nitrogens with one attached hydrogen (secondary N) is 1. The Kier molecular flexibility index (Phi) is 7.52. The highest BCUT2D eigenvalue weighted by Gasteiger charge is 2.27. The van der Waals surface area contributed by atoms with Crippen molar-refractivity contribution in [3.63, 3.8) is 0 Å². The van der Waals surface area contributed by atoms with Crippen molar-refractivity contribution in [2.75, 3.05) is 50.5 Å². The minimum Gasteiger partial charge on any atom is -0.444 e. The maximum absolute atomic E-state index is 12.9. The Hall–Kier alpha value is -3.11. The van der Waals surface area contributed by atoms with Crippen LogP contribution in [0.2, 0.25) is 0 Å². The molecule has 10 heteroatoms. The third-order valence-electron chi connectivity index (χ3n) is 5.32. The van der Waals surface area contributed by atoms with Crippen LogP contribution in [0.25, 0.3) is 0 Å². The molecule has 2 aromatic rings. The van der Waals surface area contributed by atoms with E-state index in [-0.39, 0.29) is 16.9 Å². The van der Waals surface area contributed by atoms with Crippen LogP contribution in [0.3, 0.4) is 0 Å². The molecule has 0 atom stereocenters. The van der Waals surface area contributed by atoms with Crippen LogP contribution in [-0.4, -0.2) is 75.5 Å². The van der Waals surface area contributed by atoms with Gasteiger partial charge in [-0.05, 0) is 57.2 Å². The van der Waals surface area contributed by atoms with Crippen molar-refractivity contribution in [2.45, 2.75) is 31.3 Å². The number of carbonyl (C=O) groups is 2. The van der Waals surface area contributed by atoms with Gasteiger partial charge < -0.3 is 19.9 Å². The number of carbonyl (C=O) groups excluding carboxylic acids is 2. The first-order valence-electron chi connectivity index (χ1n) is 11.0. The number of amides is 2. The van der Waals surface area contributed by atoms with Gasteiger partial charge in [-0.15, -0.1) is 0 Å². The van der Waals surface area contributed by atoms with Crippen LogP contribution < -0.4 is 10.2 Å². The summed E-state index contributed by atoms with van der Waals surface area (Å²) in [5.41, 5.74) is 1.30. The molecular weight excluding hydrogens is 456 g/mol. The smallest absolute Gasteiger partial charge is 0.410 e. The summed E-state index contributed by atoms with van der Waals surface area (Å²) in [5.74, 6) is -0.339. The third-order valence-corrected chi connectivity index (χ3v) is 7.15. The SMILES string of the molecule is CN(C)S(=O)(=O)c1ccc(C(=O)Nc2ccccc2N2CCN(C(=O)OC(C)(C)C)CC2)cc1. The fraction of sp³-hybridized carbons (Fsp3) is 0.417. The number of sulfonamides is 1. The van der Waals surface area contributed by atoms with E-state index in [0.29, 0.717) is 37.4 Å². The van der Waals surface area contributed by atoms with Gasteiger partial charge in [-0.3, -0.25) is 4.79 Å². The van der Waals surface area contributed by atoms with E-state index in [1.807, 2.05) is 45.0 Å². The Bertz CT molecular complexity index is 1130. The zero-order valence-corrected chi connectivity index (χ0v) is 21.1. The van der Waals surface area contributed by atoms with Gasteiger partial charge in [0, 0.05) is 45.8 Å². The summed E-state index contributed by atoms with van der Waals surface area (Å²) in [5, 5.41) is 2.92. The molecule has 2 amide bonds. The van der Waals surface area contributed by atoms with E-state index in [1.165, 1.54) is 38.4 Å². The van der Waals surface area contributed by atoms with E-state index < -0.39 is 15.6 Å². The highest BCUT2D eigenvalue weighted by molar-refractivity contribution is 7.89. The van der Waals surface area contributed by atoms with Crippen molar-refractivity contribution in [3.8, 4) is 0 Å². The average molecular weight is 489 g/mol. The van der Waals surface area contributed by atoms with E-state index in [0.717, 1.165) is 9.99 Å². The van der Waals surface area contributed by atoms with Crippen LogP contribution in [0.15, 0.2) is 53.4 Å². The normalized spacial score (nSPS) is 14.8. The molecule has 0 aliphatic carbocycles. The van der Waals surface area contributed by atoms with Gasteiger partial charge in [0.2, 0.25) is 10.0 Å². The van der Waals surface area contributed by atoms with Crippen LogP contribution in [0.1, 0.15) is 31.1 Å². The highest BCUT2D eigenvalue weighted by Crippen LogP contribution is 2.27. The molecule has 3 rings (SSSR count). The minimum atomic E-state index is -3.56. The molecule has 0 saturated carbocycles. The van der Waals surface area contributed by atoms with Gasteiger partial charge in [0.05, 0.1) is 16.3 Å². The summed E-state index contributed by atoms with van der Waals surface area (Å²) in [4.78, 5) is 29.1. The molecule has 1 heterocycles. The number of piperazine rings is 1. The van der Waals surface area contributed by atoms with Crippen molar-refractivity contribution in [3.05, 3.63) is 54.1 Å². The quantitative estimate of drug-likeness (QED) is 0.694. The maximum Gasteiger partial charge on any atom is 0.410 e. The molecule has 1 aliphatic heterocycles. The second-order valence-corrected chi connectivity index (χ2v) is 11.4. The van der Waals surface area contributed by atoms with Crippen molar-refractivity contribution < 1.29 is 22.7 Å². The van der Waals surface area contributed by atoms with Crippen LogP contribution in [0.5, 0.6) is 0 Å². The topological polar surface area (TPSA) is 99.3 Å². The lowest BCUT2D eigenvalue weighted by Crippen LogP contribution is -2.50. The maximum atomic E-state index is 12.9. The summed E-state index contributed by atoms with van der Waals surface area (Å²) in [6, 6.07) is 13.3. The fourth-order valence-corrected chi connectivity index (χ4v) is 4.40. The Morgan fingerprint density at radius 2 is 1.53 bits per heavy atom. The molecule has 34 heavy (non-hydrogen) atoms. The zero-order valence-electron chi connectivity index (χ0n) is 20.2. The zero-order chi connectivity index (χ0) is 25.1. The summed E-state index contributed by atoms with van der Waals surface area (Å²) < 4.78 is 31.1. The molecule has 0 unspecified atom stereocenters. The first kappa shape index (κ1) is 25.5. The van der Waals surface area contributed by atoms with Crippen molar-refractivity contribution in [2.24, 2.45) is 0 Å². The second-order valence-electron chi connectivity index (χ2n) is 9.24. The van der Waals surface area contributed by atoms with Gasteiger partial charge in [-0.1, -0.05) is 12.1 Å². The van der Waals surface area contributed by atoms with E-state index in [4.69, 9.17) is 4.74 Å². The molecule has 0 aromatic heterocycles. The molecule has 1 saturated heterocycles. The predicted octanol–water partition coefficient (Wildman–Crippen LogP) is 3.25. The largest absolute Gasteiger partial charge is 0.444 e. The van der Waals surface area contributed by atoms with E-state index >= 15 is 0 Å². The van der Waals surface area contributed by atoms with Gasteiger partial charge in [0.25, 0.3) is 5.91 Å². The second kappa shape index (κ2) is 10.0. The van der Waals surface area contributed by atoms with Crippen LogP contribution in [0, 0.1) is 0 Å². The molecule has 1 aliphatic rings. The Balaban J connectivity index is 1.68. The molecular formula is C24H32N4O5S. The molecule has 1 N–H and O–H groups in total. The van der Waals surface area contributed by atoms with Crippen molar-refractivity contribution in [1.29, 1.82) is 0 Å². The Morgan fingerprint density at radius 3 is 2.09 bits per heavy atom.